The second kappa shape index (κ2) is 5.08. The van der Waals surface area contributed by atoms with Gasteiger partial charge >= 0.3 is 0 Å². The summed E-state index contributed by atoms with van der Waals surface area (Å²) in [6.45, 7) is 0.981. The molecule has 4 N–H and O–H groups in total. The SMILES string of the molecule is Nc1ccc(Sc2nnc3n2CCCCC3)nc1N. The molecule has 3 heterocycles. The monoisotopic (exact) mass is 276 g/mol. The molecular formula is C12H16N6S. The van der Waals surface area contributed by atoms with Gasteiger partial charge < -0.3 is 16.0 Å². The van der Waals surface area contributed by atoms with E-state index in [1.807, 2.05) is 6.07 Å². The highest BCUT2D eigenvalue weighted by molar-refractivity contribution is 7.99. The number of rotatable bonds is 2. The van der Waals surface area contributed by atoms with Gasteiger partial charge in [0.1, 0.15) is 16.7 Å². The summed E-state index contributed by atoms with van der Waals surface area (Å²) in [4.78, 5) is 4.25. The Kier molecular flexibility index (Phi) is 3.29. The summed E-state index contributed by atoms with van der Waals surface area (Å²) in [5.41, 5.74) is 11.9. The minimum Gasteiger partial charge on any atom is -0.396 e. The van der Waals surface area contributed by atoms with Crippen LogP contribution in [-0.4, -0.2) is 19.7 Å². The predicted molar refractivity (Wildman–Crippen MR) is 74.8 cm³/mol. The maximum absolute atomic E-state index is 5.72. The molecule has 3 rings (SSSR count). The summed E-state index contributed by atoms with van der Waals surface area (Å²) in [7, 11) is 0. The van der Waals surface area contributed by atoms with Crippen LogP contribution >= 0.6 is 11.8 Å². The minimum atomic E-state index is 0.362. The van der Waals surface area contributed by atoms with Crippen LogP contribution in [0, 0.1) is 0 Å². The first-order valence-corrected chi connectivity index (χ1v) is 7.17. The van der Waals surface area contributed by atoms with Crippen molar-refractivity contribution in [1.82, 2.24) is 19.7 Å². The number of nitrogens with zero attached hydrogens (tertiary/aromatic N) is 4. The van der Waals surface area contributed by atoms with E-state index < -0.39 is 0 Å². The molecule has 0 saturated heterocycles. The Hall–Kier alpha value is -1.76. The highest BCUT2D eigenvalue weighted by atomic mass is 32.2. The molecule has 2 aromatic rings. The van der Waals surface area contributed by atoms with Gasteiger partial charge in [0.2, 0.25) is 0 Å². The lowest BCUT2D eigenvalue weighted by Crippen LogP contribution is -2.03. The number of hydrogen-bond acceptors (Lipinski definition) is 6. The fourth-order valence-corrected chi connectivity index (χ4v) is 3.01. The molecule has 7 heteroatoms. The number of aryl methyl sites for hydroxylation is 1. The molecule has 0 aliphatic carbocycles. The number of hydrogen-bond donors (Lipinski definition) is 2. The van der Waals surface area contributed by atoms with Crippen LogP contribution in [0.2, 0.25) is 0 Å². The molecule has 0 saturated carbocycles. The molecule has 1 aliphatic heterocycles. The third-order valence-corrected chi connectivity index (χ3v) is 4.12. The van der Waals surface area contributed by atoms with Gasteiger partial charge in [-0.15, -0.1) is 10.2 Å². The summed E-state index contributed by atoms with van der Waals surface area (Å²) < 4.78 is 2.19. The average Bonchev–Trinajstić information content (AvgIpc) is 2.63. The molecule has 0 unspecified atom stereocenters. The van der Waals surface area contributed by atoms with E-state index >= 15 is 0 Å². The third-order valence-electron chi connectivity index (χ3n) is 3.20. The van der Waals surface area contributed by atoms with Crippen LogP contribution in [-0.2, 0) is 13.0 Å². The van der Waals surface area contributed by atoms with Crippen molar-refractivity contribution >= 4 is 23.3 Å². The second-order valence-electron chi connectivity index (χ2n) is 4.59. The molecule has 0 bridgehead atoms. The number of anilines is 2. The van der Waals surface area contributed by atoms with Crippen LogP contribution in [0.1, 0.15) is 25.1 Å². The Balaban J connectivity index is 1.87. The predicted octanol–water partition coefficient (Wildman–Crippen LogP) is 1.72. The van der Waals surface area contributed by atoms with E-state index in [1.165, 1.54) is 31.0 Å². The smallest absolute Gasteiger partial charge is 0.197 e. The van der Waals surface area contributed by atoms with Crippen LogP contribution in [0.3, 0.4) is 0 Å². The van der Waals surface area contributed by atoms with Gasteiger partial charge in [0.15, 0.2) is 5.16 Å². The van der Waals surface area contributed by atoms with Gasteiger partial charge in [-0.1, -0.05) is 6.42 Å². The lowest BCUT2D eigenvalue weighted by molar-refractivity contribution is 0.590. The van der Waals surface area contributed by atoms with Gasteiger partial charge in [0, 0.05) is 13.0 Å². The van der Waals surface area contributed by atoms with E-state index in [2.05, 4.69) is 19.7 Å². The highest BCUT2D eigenvalue weighted by Crippen LogP contribution is 2.28. The molecule has 0 atom stereocenters. The van der Waals surface area contributed by atoms with E-state index in [-0.39, 0.29) is 0 Å². The van der Waals surface area contributed by atoms with Crippen LogP contribution < -0.4 is 11.5 Å². The van der Waals surface area contributed by atoms with Crippen molar-refractivity contribution in [1.29, 1.82) is 0 Å². The van der Waals surface area contributed by atoms with Crippen molar-refractivity contribution in [3.63, 3.8) is 0 Å². The van der Waals surface area contributed by atoms with Crippen molar-refractivity contribution in [2.75, 3.05) is 11.5 Å². The van der Waals surface area contributed by atoms with Gasteiger partial charge in [-0.05, 0) is 36.7 Å². The summed E-state index contributed by atoms with van der Waals surface area (Å²) in [6, 6.07) is 3.62. The van der Waals surface area contributed by atoms with Gasteiger partial charge in [-0.2, -0.15) is 0 Å². The largest absolute Gasteiger partial charge is 0.396 e. The Morgan fingerprint density at radius 3 is 2.84 bits per heavy atom. The van der Waals surface area contributed by atoms with Crippen molar-refractivity contribution in [3.8, 4) is 0 Å². The Morgan fingerprint density at radius 2 is 2.00 bits per heavy atom. The van der Waals surface area contributed by atoms with E-state index in [0.29, 0.717) is 11.5 Å². The van der Waals surface area contributed by atoms with Gasteiger partial charge in [0.05, 0.1) is 5.69 Å². The number of fused-ring (bicyclic) bond motifs is 1. The highest BCUT2D eigenvalue weighted by Gasteiger charge is 2.16. The fourth-order valence-electron chi connectivity index (χ4n) is 2.15. The third kappa shape index (κ3) is 2.51. The number of pyridine rings is 1. The summed E-state index contributed by atoms with van der Waals surface area (Å²) in [5, 5.41) is 10.2. The van der Waals surface area contributed by atoms with E-state index in [0.717, 1.165) is 29.0 Å². The molecule has 0 spiro atoms. The topological polar surface area (TPSA) is 95.6 Å². The number of nitrogen functional groups attached to an aromatic ring is 2. The standard InChI is InChI=1S/C12H16N6S/c13-8-5-6-10(15-11(8)14)19-12-17-16-9-4-2-1-3-7-18(9)12/h5-6H,1-4,7,13H2,(H2,14,15). The maximum atomic E-state index is 5.72. The maximum Gasteiger partial charge on any atom is 0.197 e. The molecule has 2 aromatic heterocycles. The van der Waals surface area contributed by atoms with Crippen LogP contribution in [0.5, 0.6) is 0 Å². The van der Waals surface area contributed by atoms with Crippen LogP contribution in [0.15, 0.2) is 22.3 Å². The zero-order valence-electron chi connectivity index (χ0n) is 10.5. The second-order valence-corrected chi connectivity index (χ2v) is 5.57. The lowest BCUT2D eigenvalue weighted by Gasteiger charge is -2.06. The molecule has 19 heavy (non-hydrogen) atoms. The lowest BCUT2D eigenvalue weighted by atomic mass is 10.2. The van der Waals surface area contributed by atoms with E-state index in [9.17, 15) is 0 Å². The first kappa shape index (κ1) is 12.3. The summed E-state index contributed by atoms with van der Waals surface area (Å²) >= 11 is 1.48. The summed E-state index contributed by atoms with van der Waals surface area (Å²) in [5.74, 6) is 1.43. The Morgan fingerprint density at radius 1 is 1.11 bits per heavy atom. The van der Waals surface area contributed by atoms with Gasteiger partial charge in [-0.3, -0.25) is 0 Å². The zero-order valence-corrected chi connectivity index (χ0v) is 11.4. The summed E-state index contributed by atoms with van der Waals surface area (Å²) in [6.07, 6.45) is 4.62. The first-order valence-electron chi connectivity index (χ1n) is 6.36. The molecule has 0 fully saturated rings. The van der Waals surface area contributed by atoms with Gasteiger partial charge in [0.25, 0.3) is 0 Å². The van der Waals surface area contributed by atoms with Crippen molar-refractivity contribution < 1.29 is 0 Å². The Labute approximate surface area is 115 Å². The van der Waals surface area contributed by atoms with Crippen LogP contribution in [0.4, 0.5) is 11.5 Å². The minimum absolute atomic E-state index is 0.362. The quantitative estimate of drug-likeness (QED) is 0.867. The Bertz CT molecular complexity index is 594. The molecular weight excluding hydrogens is 260 g/mol. The van der Waals surface area contributed by atoms with Crippen molar-refractivity contribution in [2.45, 2.75) is 42.4 Å². The fraction of sp³-hybridized carbons (Fsp3) is 0.417. The van der Waals surface area contributed by atoms with Crippen molar-refractivity contribution in [3.05, 3.63) is 18.0 Å². The van der Waals surface area contributed by atoms with Gasteiger partial charge in [-0.25, -0.2) is 4.98 Å². The molecule has 0 amide bonds. The number of nitrogens with two attached hydrogens (primary N) is 2. The van der Waals surface area contributed by atoms with E-state index in [4.69, 9.17) is 11.5 Å². The number of aromatic nitrogens is 4. The van der Waals surface area contributed by atoms with E-state index in [1.54, 1.807) is 6.07 Å². The first-order chi connectivity index (χ1) is 9.24. The molecule has 0 radical (unpaired) electrons. The normalized spacial score (nSPS) is 14.9. The molecule has 1 aliphatic rings. The van der Waals surface area contributed by atoms with Crippen LogP contribution in [0.25, 0.3) is 0 Å². The average molecular weight is 276 g/mol. The van der Waals surface area contributed by atoms with Crippen molar-refractivity contribution in [2.24, 2.45) is 0 Å². The molecule has 6 nitrogen and oxygen atoms in total. The molecule has 0 aromatic carbocycles. The molecule has 100 valence electrons. The zero-order chi connectivity index (χ0) is 13.2.